The van der Waals surface area contributed by atoms with Crippen LogP contribution in [0.5, 0.6) is 11.5 Å². The molecule has 1 heterocycles. The van der Waals surface area contributed by atoms with Crippen LogP contribution in [0.15, 0.2) is 84.9 Å². The van der Waals surface area contributed by atoms with Crippen molar-refractivity contribution >= 4 is 0 Å². The van der Waals surface area contributed by atoms with E-state index >= 15 is 0 Å². The number of hydrogen-bond acceptors (Lipinski definition) is 1. The van der Waals surface area contributed by atoms with Crippen molar-refractivity contribution in [2.75, 3.05) is 0 Å². The Morgan fingerprint density at radius 2 is 1.03 bits per heavy atom. The van der Waals surface area contributed by atoms with E-state index in [2.05, 4.69) is 113 Å². The van der Waals surface area contributed by atoms with Gasteiger partial charge in [0.1, 0.15) is 11.5 Å². The van der Waals surface area contributed by atoms with Gasteiger partial charge in [0.05, 0.1) is 0 Å². The lowest BCUT2D eigenvalue weighted by molar-refractivity contribution is 0.419. The first kappa shape index (κ1) is 18.4. The largest absolute Gasteiger partial charge is 0.456 e. The molecular weight excluding hydrogens is 376 g/mol. The molecule has 0 amide bonds. The Balaban J connectivity index is 1.64. The van der Waals surface area contributed by atoms with Crippen LogP contribution in [0, 0.1) is 0 Å². The monoisotopic (exact) mass is 402 g/mol. The Labute approximate surface area is 184 Å². The van der Waals surface area contributed by atoms with Crippen molar-refractivity contribution in [3.8, 4) is 33.8 Å². The lowest BCUT2D eigenvalue weighted by Crippen LogP contribution is -2.24. The number of benzene rings is 4. The molecule has 0 spiro atoms. The zero-order valence-electron chi connectivity index (χ0n) is 18.5. The molecule has 1 aliphatic carbocycles. The van der Waals surface area contributed by atoms with Crippen LogP contribution in [-0.4, -0.2) is 0 Å². The van der Waals surface area contributed by atoms with Gasteiger partial charge in [-0.1, -0.05) is 107 Å². The summed E-state index contributed by atoms with van der Waals surface area (Å²) < 4.78 is 6.60. The van der Waals surface area contributed by atoms with Crippen LogP contribution in [0.4, 0.5) is 0 Å². The highest BCUT2D eigenvalue weighted by Gasteiger charge is 2.39. The van der Waals surface area contributed by atoms with E-state index in [1.54, 1.807) is 0 Å². The van der Waals surface area contributed by atoms with E-state index in [9.17, 15) is 0 Å². The maximum Gasteiger partial charge on any atom is 0.139 e. The third-order valence-corrected chi connectivity index (χ3v) is 7.36. The quantitative estimate of drug-likeness (QED) is 0.312. The van der Waals surface area contributed by atoms with E-state index in [1.165, 1.54) is 44.5 Å². The Kier molecular flexibility index (Phi) is 3.63. The molecule has 0 atom stereocenters. The number of rotatable bonds is 1. The van der Waals surface area contributed by atoms with Crippen molar-refractivity contribution in [3.05, 3.63) is 107 Å². The van der Waals surface area contributed by atoms with E-state index in [1.807, 2.05) is 0 Å². The Morgan fingerprint density at radius 1 is 0.484 bits per heavy atom. The van der Waals surface area contributed by atoms with Crippen LogP contribution < -0.4 is 4.74 Å². The summed E-state index contributed by atoms with van der Waals surface area (Å²) in [4.78, 5) is 0. The Morgan fingerprint density at radius 3 is 1.84 bits per heavy atom. The topological polar surface area (TPSA) is 9.23 Å². The molecule has 0 saturated carbocycles. The molecular formula is C30H26O. The van der Waals surface area contributed by atoms with Gasteiger partial charge in [-0.25, -0.2) is 0 Å². The molecule has 0 bridgehead atoms. The van der Waals surface area contributed by atoms with E-state index in [4.69, 9.17) is 4.74 Å². The maximum absolute atomic E-state index is 6.60. The molecule has 2 aliphatic rings. The Bertz CT molecular complexity index is 1360. The van der Waals surface area contributed by atoms with Gasteiger partial charge >= 0.3 is 0 Å². The highest BCUT2D eigenvalue weighted by molar-refractivity contribution is 5.94. The molecule has 0 aromatic heterocycles. The molecule has 0 unspecified atom stereocenters. The van der Waals surface area contributed by atoms with Crippen LogP contribution in [0.1, 0.15) is 49.9 Å². The van der Waals surface area contributed by atoms with E-state index < -0.39 is 0 Å². The minimum Gasteiger partial charge on any atom is -0.456 e. The van der Waals surface area contributed by atoms with Gasteiger partial charge in [-0.2, -0.15) is 0 Å². The molecule has 0 saturated heterocycles. The number of ether oxygens (including phenoxy) is 1. The zero-order chi connectivity index (χ0) is 21.4. The summed E-state index contributed by atoms with van der Waals surface area (Å²) in [6, 6.07) is 30.6. The number of hydrogen-bond donors (Lipinski definition) is 0. The first-order chi connectivity index (χ1) is 14.9. The molecule has 6 rings (SSSR count). The van der Waals surface area contributed by atoms with E-state index in [0.29, 0.717) is 0 Å². The van der Waals surface area contributed by atoms with Gasteiger partial charge in [0.15, 0.2) is 0 Å². The summed E-state index contributed by atoms with van der Waals surface area (Å²) >= 11 is 0. The fraction of sp³-hybridized carbons (Fsp3) is 0.200. The molecule has 0 fully saturated rings. The zero-order valence-corrected chi connectivity index (χ0v) is 18.5. The van der Waals surface area contributed by atoms with Gasteiger partial charge in [0.2, 0.25) is 0 Å². The summed E-state index contributed by atoms with van der Waals surface area (Å²) in [6.07, 6.45) is 0. The fourth-order valence-electron chi connectivity index (χ4n) is 5.66. The van der Waals surface area contributed by atoms with Crippen LogP contribution in [0.3, 0.4) is 0 Å². The predicted octanol–water partition coefficient (Wildman–Crippen LogP) is 8.09. The van der Waals surface area contributed by atoms with E-state index in [-0.39, 0.29) is 10.8 Å². The normalized spacial score (nSPS) is 16.5. The SMILES string of the molecule is CC1(C)c2ccccc2Oc2c(-c3cccc4c3-c3ccccc3C4(C)C)cccc21. The van der Waals surface area contributed by atoms with Gasteiger partial charge in [-0.15, -0.1) is 0 Å². The molecule has 1 nitrogen and oxygen atoms in total. The summed E-state index contributed by atoms with van der Waals surface area (Å²) in [5.74, 6) is 1.95. The van der Waals surface area contributed by atoms with Gasteiger partial charge in [-0.05, 0) is 33.9 Å². The van der Waals surface area contributed by atoms with Gasteiger partial charge in [0, 0.05) is 27.5 Å². The van der Waals surface area contributed by atoms with Gasteiger partial charge in [0.25, 0.3) is 0 Å². The molecule has 31 heavy (non-hydrogen) atoms. The lowest BCUT2D eigenvalue weighted by Gasteiger charge is -2.35. The first-order valence-corrected chi connectivity index (χ1v) is 11.1. The molecule has 1 aliphatic heterocycles. The molecule has 1 heteroatoms. The van der Waals surface area contributed by atoms with Crippen molar-refractivity contribution in [2.24, 2.45) is 0 Å². The van der Waals surface area contributed by atoms with Crippen molar-refractivity contribution in [3.63, 3.8) is 0 Å². The average Bonchev–Trinajstić information content (AvgIpc) is 3.01. The predicted molar refractivity (Wildman–Crippen MR) is 128 cm³/mol. The first-order valence-electron chi connectivity index (χ1n) is 11.1. The van der Waals surface area contributed by atoms with Crippen LogP contribution >= 0.6 is 0 Å². The molecule has 0 N–H and O–H groups in total. The van der Waals surface area contributed by atoms with Crippen LogP contribution in [0.25, 0.3) is 22.3 Å². The smallest absolute Gasteiger partial charge is 0.139 e. The second-order valence-corrected chi connectivity index (χ2v) is 9.80. The maximum atomic E-state index is 6.60. The summed E-state index contributed by atoms with van der Waals surface area (Å²) in [5, 5.41) is 0. The summed E-state index contributed by atoms with van der Waals surface area (Å²) in [5.41, 5.74) is 10.2. The molecule has 0 radical (unpaired) electrons. The van der Waals surface area contributed by atoms with Crippen molar-refractivity contribution in [2.45, 2.75) is 38.5 Å². The van der Waals surface area contributed by atoms with E-state index in [0.717, 1.165) is 11.5 Å². The highest BCUT2D eigenvalue weighted by atomic mass is 16.5. The fourth-order valence-corrected chi connectivity index (χ4v) is 5.66. The second kappa shape index (κ2) is 6.11. The standard InChI is InChI=1S/C30H26O/c1-29(2)22-14-6-5-11-21(22)27-19(12-9-16-24(27)29)20-13-10-17-25-28(20)31-26-18-8-7-15-23(26)30(25,3)4/h5-18H,1-4H3. The van der Waals surface area contributed by atoms with Gasteiger partial charge in [-0.3, -0.25) is 0 Å². The third kappa shape index (κ3) is 2.38. The minimum atomic E-state index is -0.116. The summed E-state index contributed by atoms with van der Waals surface area (Å²) in [6.45, 7) is 9.26. The highest BCUT2D eigenvalue weighted by Crippen LogP contribution is 2.56. The molecule has 4 aromatic rings. The average molecular weight is 403 g/mol. The van der Waals surface area contributed by atoms with Crippen molar-refractivity contribution in [1.29, 1.82) is 0 Å². The molecule has 152 valence electrons. The Hall–Kier alpha value is -3.32. The molecule has 4 aromatic carbocycles. The number of para-hydroxylation sites is 2. The lowest BCUT2D eigenvalue weighted by atomic mass is 9.74. The third-order valence-electron chi connectivity index (χ3n) is 7.36. The van der Waals surface area contributed by atoms with Gasteiger partial charge < -0.3 is 4.74 Å². The van der Waals surface area contributed by atoms with Crippen LogP contribution in [0.2, 0.25) is 0 Å². The second-order valence-electron chi connectivity index (χ2n) is 9.80. The van der Waals surface area contributed by atoms with Crippen LogP contribution in [-0.2, 0) is 10.8 Å². The van der Waals surface area contributed by atoms with Crippen molar-refractivity contribution < 1.29 is 4.74 Å². The van der Waals surface area contributed by atoms with Crippen molar-refractivity contribution in [1.82, 2.24) is 0 Å². The number of fused-ring (bicyclic) bond motifs is 5. The minimum absolute atomic E-state index is 0.0104. The summed E-state index contributed by atoms with van der Waals surface area (Å²) in [7, 11) is 0.